The maximum absolute atomic E-state index is 12.2. The normalized spacial score (nSPS) is 11.7. The number of para-hydroxylation sites is 1. The lowest BCUT2D eigenvalue weighted by Gasteiger charge is -2.09. The van der Waals surface area contributed by atoms with Gasteiger partial charge in [-0.05, 0) is 37.7 Å². The van der Waals surface area contributed by atoms with Gasteiger partial charge < -0.3 is 15.7 Å². The van der Waals surface area contributed by atoms with Gasteiger partial charge in [0.2, 0.25) is 0 Å². The first-order valence-corrected chi connectivity index (χ1v) is 7.06. The Morgan fingerprint density at radius 2 is 2.14 bits per heavy atom. The molecule has 0 heterocycles. The minimum absolute atomic E-state index is 0.0472. The summed E-state index contributed by atoms with van der Waals surface area (Å²) in [5.74, 6) is -0.592. The minimum atomic E-state index is -0.454. The Morgan fingerprint density at radius 3 is 2.73 bits per heavy atom. The number of nitrogens with one attached hydrogen (secondary N) is 2. The number of carbonyl (C=O) groups excluding carboxylic acids is 1. The third-order valence-electron chi connectivity index (χ3n) is 2.74. The van der Waals surface area contributed by atoms with Crippen molar-refractivity contribution >= 4 is 35.1 Å². The molecular formula is C16H19N3O2S. The fraction of sp³-hybridized carbons (Fsp3) is 0.188. The number of aliphatic hydroxyl groups excluding tert-OH is 1. The van der Waals surface area contributed by atoms with Crippen molar-refractivity contribution in [1.29, 1.82) is 0 Å². The second kappa shape index (κ2) is 8.74. The van der Waals surface area contributed by atoms with E-state index >= 15 is 0 Å². The van der Waals surface area contributed by atoms with Crippen molar-refractivity contribution in [3.63, 3.8) is 0 Å². The number of aliphatic hydroxyl groups is 1. The molecule has 0 radical (unpaired) electrons. The van der Waals surface area contributed by atoms with Crippen LogP contribution in [0, 0.1) is 6.92 Å². The lowest BCUT2D eigenvalue weighted by atomic mass is 10.2. The van der Waals surface area contributed by atoms with Crippen LogP contribution in [-0.4, -0.2) is 28.9 Å². The number of aryl methyl sites for hydroxylation is 1. The third-order valence-corrected chi connectivity index (χ3v) is 2.99. The van der Waals surface area contributed by atoms with E-state index in [1.54, 1.807) is 12.1 Å². The summed E-state index contributed by atoms with van der Waals surface area (Å²) >= 11 is 4.97. The zero-order valence-electron chi connectivity index (χ0n) is 12.6. The first kappa shape index (κ1) is 17.6. The Bertz CT molecular complexity index is 632. The van der Waals surface area contributed by atoms with Crippen molar-refractivity contribution in [3.05, 3.63) is 53.8 Å². The van der Waals surface area contributed by atoms with Crippen LogP contribution in [0.5, 0.6) is 0 Å². The van der Waals surface area contributed by atoms with Crippen molar-refractivity contribution in [2.75, 3.05) is 11.9 Å². The molecule has 116 valence electrons. The number of nitrogens with zero attached hydrogens (tertiary/aromatic N) is 1. The van der Waals surface area contributed by atoms with Gasteiger partial charge in [0.15, 0.2) is 5.11 Å². The monoisotopic (exact) mass is 317 g/mol. The molecule has 22 heavy (non-hydrogen) atoms. The van der Waals surface area contributed by atoms with Gasteiger partial charge in [-0.2, -0.15) is 0 Å². The average molecular weight is 317 g/mol. The fourth-order valence-electron chi connectivity index (χ4n) is 1.55. The van der Waals surface area contributed by atoms with Crippen LogP contribution in [0.2, 0.25) is 0 Å². The van der Waals surface area contributed by atoms with Crippen molar-refractivity contribution in [3.8, 4) is 0 Å². The highest BCUT2D eigenvalue weighted by Crippen LogP contribution is 2.14. The van der Waals surface area contributed by atoms with E-state index in [1.807, 2.05) is 25.1 Å². The molecule has 1 aromatic rings. The maximum Gasteiger partial charge on any atom is 0.260 e. The number of benzene rings is 1. The number of hydrogen-bond donors (Lipinski definition) is 3. The molecular weight excluding hydrogens is 298 g/mol. The summed E-state index contributed by atoms with van der Waals surface area (Å²) in [7, 11) is 0. The number of hydrogen-bond acceptors (Lipinski definition) is 3. The van der Waals surface area contributed by atoms with Crippen molar-refractivity contribution in [2.24, 2.45) is 4.99 Å². The fourth-order valence-corrected chi connectivity index (χ4v) is 1.68. The SMILES string of the molecule is C=CCNC(=S)/N=C/C(C(=O)Nc1ccccc1C)=C(/C)O. The molecule has 5 nitrogen and oxygen atoms in total. The molecule has 1 aromatic carbocycles. The summed E-state index contributed by atoms with van der Waals surface area (Å²) < 4.78 is 0. The molecule has 3 N–H and O–H groups in total. The molecule has 0 atom stereocenters. The Hall–Kier alpha value is -2.47. The highest BCUT2D eigenvalue weighted by molar-refractivity contribution is 7.80. The number of allylic oxidation sites excluding steroid dienone is 1. The van der Waals surface area contributed by atoms with Gasteiger partial charge in [-0.25, -0.2) is 4.99 Å². The smallest absolute Gasteiger partial charge is 0.260 e. The zero-order valence-corrected chi connectivity index (χ0v) is 13.4. The predicted octanol–water partition coefficient (Wildman–Crippen LogP) is 2.90. The van der Waals surface area contributed by atoms with Crippen LogP contribution >= 0.6 is 12.2 Å². The quantitative estimate of drug-likeness (QED) is 0.257. The summed E-state index contributed by atoms with van der Waals surface area (Å²) in [5, 5.41) is 15.4. The van der Waals surface area contributed by atoms with Gasteiger partial charge in [0.25, 0.3) is 5.91 Å². The van der Waals surface area contributed by atoms with Gasteiger partial charge in [-0.3, -0.25) is 4.79 Å². The molecule has 0 aromatic heterocycles. The van der Waals surface area contributed by atoms with Crippen molar-refractivity contribution < 1.29 is 9.90 Å². The van der Waals surface area contributed by atoms with E-state index < -0.39 is 5.91 Å². The Kier molecular flexibility index (Phi) is 6.98. The first-order valence-electron chi connectivity index (χ1n) is 6.65. The topological polar surface area (TPSA) is 73.7 Å². The van der Waals surface area contributed by atoms with E-state index in [1.165, 1.54) is 13.1 Å². The number of anilines is 1. The molecule has 6 heteroatoms. The van der Waals surface area contributed by atoms with Crippen LogP contribution < -0.4 is 10.6 Å². The van der Waals surface area contributed by atoms with Crippen LogP contribution in [0.25, 0.3) is 0 Å². The van der Waals surface area contributed by atoms with E-state index in [0.29, 0.717) is 12.2 Å². The second-order valence-electron chi connectivity index (χ2n) is 4.50. The molecule has 0 fully saturated rings. The highest BCUT2D eigenvalue weighted by Gasteiger charge is 2.12. The minimum Gasteiger partial charge on any atom is -0.512 e. The van der Waals surface area contributed by atoms with E-state index in [9.17, 15) is 9.90 Å². The van der Waals surface area contributed by atoms with E-state index in [4.69, 9.17) is 12.2 Å². The number of aliphatic imine (C=N–C) groups is 1. The van der Waals surface area contributed by atoms with Crippen LogP contribution in [-0.2, 0) is 4.79 Å². The van der Waals surface area contributed by atoms with Crippen LogP contribution in [0.3, 0.4) is 0 Å². The average Bonchev–Trinajstić information content (AvgIpc) is 2.47. The summed E-state index contributed by atoms with van der Waals surface area (Å²) in [4.78, 5) is 16.2. The lowest BCUT2D eigenvalue weighted by molar-refractivity contribution is -0.112. The van der Waals surface area contributed by atoms with Gasteiger partial charge in [0.1, 0.15) is 5.76 Å². The molecule has 0 aliphatic rings. The van der Waals surface area contributed by atoms with Crippen molar-refractivity contribution in [1.82, 2.24) is 5.32 Å². The summed E-state index contributed by atoms with van der Waals surface area (Å²) in [6, 6.07) is 7.36. The number of carbonyl (C=O) groups is 1. The molecule has 0 aliphatic heterocycles. The van der Waals surface area contributed by atoms with E-state index in [2.05, 4.69) is 22.2 Å². The molecule has 0 saturated carbocycles. The highest BCUT2D eigenvalue weighted by atomic mass is 32.1. The maximum atomic E-state index is 12.2. The second-order valence-corrected chi connectivity index (χ2v) is 4.89. The molecule has 0 bridgehead atoms. The van der Waals surface area contributed by atoms with E-state index in [-0.39, 0.29) is 16.4 Å². The largest absolute Gasteiger partial charge is 0.512 e. The van der Waals surface area contributed by atoms with Gasteiger partial charge in [0, 0.05) is 18.4 Å². The van der Waals surface area contributed by atoms with Crippen molar-refractivity contribution in [2.45, 2.75) is 13.8 Å². The molecule has 0 aliphatic carbocycles. The molecule has 0 saturated heterocycles. The molecule has 1 rings (SSSR count). The van der Waals surface area contributed by atoms with Gasteiger partial charge in [-0.15, -0.1) is 6.58 Å². The molecule has 1 amide bonds. The first-order chi connectivity index (χ1) is 10.5. The Morgan fingerprint density at radius 1 is 1.45 bits per heavy atom. The third kappa shape index (κ3) is 5.49. The summed E-state index contributed by atoms with van der Waals surface area (Å²) in [6.07, 6.45) is 2.88. The summed E-state index contributed by atoms with van der Waals surface area (Å²) in [6.45, 7) is 7.32. The predicted molar refractivity (Wildman–Crippen MR) is 94.4 cm³/mol. The summed E-state index contributed by atoms with van der Waals surface area (Å²) in [5.41, 5.74) is 1.64. The number of amides is 1. The zero-order chi connectivity index (χ0) is 16.5. The van der Waals surface area contributed by atoms with Gasteiger partial charge in [0.05, 0.1) is 5.57 Å². The van der Waals surface area contributed by atoms with Gasteiger partial charge in [-0.1, -0.05) is 24.3 Å². The van der Waals surface area contributed by atoms with Crippen LogP contribution in [0.15, 0.2) is 53.2 Å². The van der Waals surface area contributed by atoms with Gasteiger partial charge >= 0.3 is 0 Å². The van der Waals surface area contributed by atoms with Crippen LogP contribution in [0.1, 0.15) is 12.5 Å². The number of rotatable bonds is 5. The van der Waals surface area contributed by atoms with E-state index in [0.717, 1.165) is 5.56 Å². The Labute approximate surface area is 135 Å². The standard InChI is InChI=1S/C16H19N3O2S/c1-4-9-17-16(22)18-10-13(12(3)20)15(21)19-14-8-6-5-7-11(14)2/h4-8,10,20H,1,9H2,2-3H3,(H,17,22)(H,19,21)/b13-12+,18-10+. The molecule has 0 spiro atoms. The van der Waals surface area contributed by atoms with Crippen LogP contribution in [0.4, 0.5) is 5.69 Å². The number of thiocarbonyl (C=S) groups is 1. The molecule has 0 unspecified atom stereocenters. The lowest BCUT2D eigenvalue weighted by Crippen LogP contribution is -2.21. The Balaban J connectivity index is 2.84.